The van der Waals surface area contributed by atoms with Crippen molar-refractivity contribution in [2.45, 2.75) is 34.3 Å². The van der Waals surface area contributed by atoms with Gasteiger partial charge < -0.3 is 0 Å². The summed E-state index contributed by atoms with van der Waals surface area (Å²) >= 11 is 0.161. The Kier molecular flexibility index (Phi) is 2.62. The monoisotopic (exact) mass is 230 g/mol. The molecule has 1 rings (SSSR count). The van der Waals surface area contributed by atoms with E-state index >= 15 is 0 Å². The molecule has 1 aliphatic rings. The molecule has 48 valence electrons. The van der Waals surface area contributed by atoms with Crippen molar-refractivity contribution in [3.8, 4) is 0 Å². The molecule has 8 heavy (non-hydrogen) atoms. The van der Waals surface area contributed by atoms with Crippen molar-refractivity contribution < 1.29 is 5.11 Å². The molecular formula is C6H12OTe. The Bertz CT molecular complexity index is 74.9. The van der Waals surface area contributed by atoms with Crippen LogP contribution in [0.2, 0.25) is 8.94 Å². The van der Waals surface area contributed by atoms with Crippen LogP contribution in [0.4, 0.5) is 0 Å². The van der Waals surface area contributed by atoms with Crippen LogP contribution >= 0.6 is 0 Å². The second-order valence-corrected chi connectivity index (χ2v) is 5.35. The van der Waals surface area contributed by atoms with Crippen molar-refractivity contribution in [1.82, 2.24) is 0 Å². The fourth-order valence-corrected chi connectivity index (χ4v) is 3.61. The Balaban J connectivity index is 2.30. The summed E-state index contributed by atoms with van der Waals surface area (Å²) in [4.78, 5) is 2.28. The molecule has 0 saturated heterocycles. The molecule has 2 unspecified atom stereocenters. The molecule has 0 amide bonds. The molecule has 0 aromatic heterocycles. The van der Waals surface area contributed by atoms with Crippen LogP contribution in [0, 0.1) is 0 Å². The maximum atomic E-state index is 9.22. The summed E-state index contributed by atoms with van der Waals surface area (Å²) in [7, 11) is 0. The predicted molar refractivity (Wildman–Crippen MR) is 35.2 cm³/mol. The van der Waals surface area contributed by atoms with Crippen LogP contribution in [0.15, 0.2) is 0 Å². The fourth-order valence-electron chi connectivity index (χ4n) is 1.18. The third kappa shape index (κ3) is 1.37. The SMILES string of the molecule is C[Te]C1CCCC1O. The van der Waals surface area contributed by atoms with E-state index in [0.717, 1.165) is 10.4 Å². The van der Waals surface area contributed by atoms with Gasteiger partial charge in [-0.25, -0.2) is 0 Å². The van der Waals surface area contributed by atoms with Crippen molar-refractivity contribution >= 4 is 20.9 Å². The van der Waals surface area contributed by atoms with Gasteiger partial charge in [-0.15, -0.1) is 0 Å². The van der Waals surface area contributed by atoms with E-state index in [1.165, 1.54) is 12.8 Å². The molecule has 1 fully saturated rings. The molecule has 1 N–H and O–H groups in total. The predicted octanol–water partition coefficient (Wildman–Crippen LogP) is 1.07. The van der Waals surface area contributed by atoms with Gasteiger partial charge in [0.15, 0.2) is 0 Å². The zero-order valence-corrected chi connectivity index (χ0v) is 7.46. The van der Waals surface area contributed by atoms with Gasteiger partial charge in [-0.1, -0.05) is 0 Å². The minimum atomic E-state index is 0.0856. The van der Waals surface area contributed by atoms with Crippen molar-refractivity contribution in [3.05, 3.63) is 0 Å². The summed E-state index contributed by atoms with van der Waals surface area (Å²) in [5.74, 6) is 0. The summed E-state index contributed by atoms with van der Waals surface area (Å²) in [6, 6.07) is 0. The van der Waals surface area contributed by atoms with Gasteiger partial charge >= 0.3 is 60.3 Å². The molecule has 0 bridgehead atoms. The summed E-state index contributed by atoms with van der Waals surface area (Å²) in [6.45, 7) is 0. The van der Waals surface area contributed by atoms with Gasteiger partial charge in [0.25, 0.3) is 0 Å². The van der Waals surface area contributed by atoms with Gasteiger partial charge in [-0.2, -0.15) is 0 Å². The van der Waals surface area contributed by atoms with E-state index in [1.54, 1.807) is 0 Å². The average Bonchev–Trinajstić information content (AvgIpc) is 2.14. The summed E-state index contributed by atoms with van der Waals surface area (Å²) < 4.78 is 0.750. The second-order valence-electron chi connectivity index (χ2n) is 2.27. The number of hydrogen-bond donors (Lipinski definition) is 1. The fraction of sp³-hybridized carbons (Fsp3) is 1.00. The molecular weight excluding hydrogens is 216 g/mol. The minimum absolute atomic E-state index is 0.0856. The first kappa shape index (κ1) is 6.86. The summed E-state index contributed by atoms with van der Waals surface area (Å²) in [5.41, 5.74) is 0. The Labute approximate surface area is 60.6 Å². The normalized spacial score (nSPS) is 38.2. The first-order valence-corrected chi connectivity index (χ1v) is 6.73. The third-order valence-corrected chi connectivity index (χ3v) is 5.02. The van der Waals surface area contributed by atoms with E-state index in [9.17, 15) is 5.11 Å². The molecule has 0 aromatic carbocycles. The van der Waals surface area contributed by atoms with Crippen LogP contribution in [0.3, 0.4) is 0 Å². The van der Waals surface area contributed by atoms with E-state index in [-0.39, 0.29) is 27.0 Å². The standard InChI is InChI=1S/C6H12OTe/c1-8-6-4-2-3-5(6)7/h5-7H,2-4H2,1H3. The van der Waals surface area contributed by atoms with E-state index in [2.05, 4.69) is 4.97 Å². The third-order valence-electron chi connectivity index (χ3n) is 1.72. The first-order valence-electron chi connectivity index (χ1n) is 3.05. The molecule has 2 heteroatoms. The molecule has 0 heterocycles. The van der Waals surface area contributed by atoms with Crippen LogP contribution in [0.25, 0.3) is 0 Å². The second kappa shape index (κ2) is 3.06. The van der Waals surface area contributed by atoms with Crippen LogP contribution in [-0.2, 0) is 0 Å². The molecule has 2 atom stereocenters. The van der Waals surface area contributed by atoms with Crippen molar-refractivity contribution in [2.75, 3.05) is 0 Å². The molecule has 0 radical (unpaired) electrons. The first-order chi connectivity index (χ1) is 3.84. The molecule has 1 saturated carbocycles. The zero-order chi connectivity index (χ0) is 5.98. The average molecular weight is 228 g/mol. The van der Waals surface area contributed by atoms with Gasteiger partial charge in [0, 0.05) is 0 Å². The molecule has 1 aliphatic carbocycles. The van der Waals surface area contributed by atoms with E-state index in [4.69, 9.17) is 0 Å². The van der Waals surface area contributed by atoms with Gasteiger partial charge in [0.05, 0.1) is 0 Å². The molecule has 1 nitrogen and oxygen atoms in total. The van der Waals surface area contributed by atoms with Crippen LogP contribution in [0.5, 0.6) is 0 Å². The quantitative estimate of drug-likeness (QED) is 0.665. The van der Waals surface area contributed by atoms with Crippen molar-refractivity contribution in [2.24, 2.45) is 0 Å². The van der Waals surface area contributed by atoms with Crippen molar-refractivity contribution in [1.29, 1.82) is 0 Å². The topological polar surface area (TPSA) is 20.2 Å². The van der Waals surface area contributed by atoms with Crippen LogP contribution in [0.1, 0.15) is 19.3 Å². The molecule has 0 aromatic rings. The van der Waals surface area contributed by atoms with E-state index < -0.39 is 0 Å². The molecule has 0 aliphatic heterocycles. The number of aliphatic hydroxyl groups is 1. The number of rotatable bonds is 1. The van der Waals surface area contributed by atoms with E-state index in [0.29, 0.717) is 0 Å². The van der Waals surface area contributed by atoms with Crippen molar-refractivity contribution in [3.63, 3.8) is 0 Å². The summed E-state index contributed by atoms with van der Waals surface area (Å²) in [5, 5.41) is 9.22. The van der Waals surface area contributed by atoms with Gasteiger partial charge in [0.1, 0.15) is 0 Å². The van der Waals surface area contributed by atoms with Gasteiger partial charge in [-0.05, 0) is 0 Å². The Morgan fingerprint density at radius 3 is 2.50 bits per heavy atom. The number of aliphatic hydroxyl groups excluding tert-OH is 1. The Morgan fingerprint density at radius 2 is 2.25 bits per heavy atom. The van der Waals surface area contributed by atoms with Crippen LogP contribution in [-0.4, -0.2) is 32.1 Å². The van der Waals surface area contributed by atoms with Gasteiger partial charge in [-0.3, -0.25) is 0 Å². The van der Waals surface area contributed by atoms with Gasteiger partial charge in [0.2, 0.25) is 0 Å². The molecule has 0 spiro atoms. The Hall–Kier alpha value is 0.750. The zero-order valence-electron chi connectivity index (χ0n) is 5.13. The van der Waals surface area contributed by atoms with Crippen LogP contribution < -0.4 is 0 Å². The Morgan fingerprint density at radius 1 is 1.50 bits per heavy atom. The maximum absolute atomic E-state index is 9.22. The number of hydrogen-bond acceptors (Lipinski definition) is 1. The summed E-state index contributed by atoms with van der Waals surface area (Å²) in [6.07, 6.45) is 3.73. The van der Waals surface area contributed by atoms with E-state index in [1.807, 2.05) is 0 Å².